The fourth-order valence-electron chi connectivity index (χ4n) is 3.47. The molecule has 1 aliphatic rings. The average Bonchev–Trinajstić information content (AvgIpc) is 3.40. The van der Waals surface area contributed by atoms with Gasteiger partial charge in [-0.15, -0.1) is 11.3 Å². The maximum atomic E-state index is 12.5. The van der Waals surface area contributed by atoms with Crippen LogP contribution in [0.4, 0.5) is 11.5 Å². The van der Waals surface area contributed by atoms with Gasteiger partial charge < -0.3 is 15.1 Å². The minimum absolute atomic E-state index is 0.00489. The molecule has 0 saturated carbocycles. The normalized spacial score (nSPS) is 14.9. The number of hydrogen-bond donors (Lipinski definition) is 2. The molecule has 1 amide bonds. The topological polar surface area (TPSA) is 64.3 Å². The Morgan fingerprint density at radius 3 is 2.61 bits per heavy atom. The lowest BCUT2D eigenvalue weighted by molar-refractivity contribution is 0.0931. The highest BCUT2D eigenvalue weighted by molar-refractivity contribution is 7.13. The molecule has 3 aromatic rings. The van der Waals surface area contributed by atoms with Gasteiger partial charge in [-0.2, -0.15) is 5.10 Å². The van der Waals surface area contributed by atoms with Crippen molar-refractivity contribution in [2.24, 2.45) is 0 Å². The van der Waals surface area contributed by atoms with Gasteiger partial charge in [0.15, 0.2) is 0 Å². The van der Waals surface area contributed by atoms with Crippen LogP contribution in [0.2, 0.25) is 0 Å². The SMILES string of the molecule is CN(C)c1ccc(C(=O)NC2CCN(c3cc(-c4cccs4)n[nH]3)CC2)cc1. The van der Waals surface area contributed by atoms with Gasteiger partial charge in [0, 0.05) is 50.5 Å². The van der Waals surface area contributed by atoms with Gasteiger partial charge in [-0.25, -0.2) is 0 Å². The molecule has 1 aromatic carbocycles. The van der Waals surface area contributed by atoms with Gasteiger partial charge in [0.2, 0.25) is 0 Å². The number of piperidine rings is 1. The minimum atomic E-state index is 0.00489. The molecule has 1 aliphatic heterocycles. The average molecular weight is 396 g/mol. The van der Waals surface area contributed by atoms with Crippen molar-refractivity contribution in [2.75, 3.05) is 37.0 Å². The largest absolute Gasteiger partial charge is 0.378 e. The lowest BCUT2D eigenvalue weighted by Crippen LogP contribution is -2.44. The van der Waals surface area contributed by atoms with Crippen LogP contribution < -0.4 is 15.1 Å². The van der Waals surface area contributed by atoms with Crippen LogP contribution in [0.3, 0.4) is 0 Å². The number of aromatic amines is 1. The van der Waals surface area contributed by atoms with E-state index in [9.17, 15) is 4.79 Å². The number of nitrogens with zero attached hydrogens (tertiary/aromatic N) is 3. The van der Waals surface area contributed by atoms with Gasteiger partial charge in [0.1, 0.15) is 11.5 Å². The molecule has 2 aromatic heterocycles. The van der Waals surface area contributed by atoms with E-state index in [1.165, 1.54) is 4.88 Å². The van der Waals surface area contributed by atoms with Crippen LogP contribution in [0.15, 0.2) is 47.8 Å². The summed E-state index contributed by atoms with van der Waals surface area (Å²) >= 11 is 1.69. The molecule has 2 N–H and O–H groups in total. The van der Waals surface area contributed by atoms with Crippen LogP contribution >= 0.6 is 11.3 Å². The first-order valence-corrected chi connectivity index (χ1v) is 10.4. The zero-order valence-electron chi connectivity index (χ0n) is 16.2. The molecule has 0 aliphatic carbocycles. The Labute approximate surface area is 169 Å². The van der Waals surface area contributed by atoms with Crippen molar-refractivity contribution in [1.29, 1.82) is 0 Å². The predicted molar refractivity (Wildman–Crippen MR) is 115 cm³/mol. The van der Waals surface area contributed by atoms with E-state index in [1.807, 2.05) is 49.3 Å². The van der Waals surface area contributed by atoms with E-state index < -0.39 is 0 Å². The summed E-state index contributed by atoms with van der Waals surface area (Å²) in [7, 11) is 3.98. The maximum Gasteiger partial charge on any atom is 0.251 e. The second-order valence-corrected chi connectivity index (χ2v) is 8.24. The number of rotatable bonds is 5. The van der Waals surface area contributed by atoms with Crippen LogP contribution in [-0.2, 0) is 0 Å². The van der Waals surface area contributed by atoms with Crippen molar-refractivity contribution in [3.05, 3.63) is 53.4 Å². The highest BCUT2D eigenvalue weighted by Gasteiger charge is 2.22. The van der Waals surface area contributed by atoms with Gasteiger partial charge in [0.05, 0.1) is 4.88 Å². The molecular weight excluding hydrogens is 370 g/mol. The lowest BCUT2D eigenvalue weighted by Gasteiger charge is -2.32. The van der Waals surface area contributed by atoms with Gasteiger partial charge in [0.25, 0.3) is 5.91 Å². The van der Waals surface area contributed by atoms with Gasteiger partial charge in [-0.3, -0.25) is 9.89 Å². The number of H-pyrrole nitrogens is 1. The third kappa shape index (κ3) is 4.04. The number of thiophene rings is 1. The summed E-state index contributed by atoms with van der Waals surface area (Å²) in [5.41, 5.74) is 2.79. The molecule has 6 nitrogen and oxygen atoms in total. The standard InChI is InChI=1S/C21H25N5OS/c1-25(2)17-7-5-15(6-8-17)21(27)22-16-9-11-26(12-10-16)20-14-18(23-24-20)19-4-3-13-28-19/h3-8,13-14,16H,9-12H2,1-2H3,(H,22,27)(H,23,24). The van der Waals surface area contributed by atoms with Crippen molar-refractivity contribution in [1.82, 2.24) is 15.5 Å². The van der Waals surface area contributed by atoms with Gasteiger partial charge in [-0.05, 0) is 48.6 Å². The predicted octanol–water partition coefficient (Wildman–Crippen LogP) is 3.60. The Hall–Kier alpha value is -2.80. The number of amides is 1. The number of nitrogens with one attached hydrogen (secondary N) is 2. The first-order valence-electron chi connectivity index (χ1n) is 9.52. The second-order valence-electron chi connectivity index (χ2n) is 7.29. The minimum Gasteiger partial charge on any atom is -0.378 e. The number of benzene rings is 1. The van der Waals surface area contributed by atoms with E-state index in [4.69, 9.17) is 0 Å². The highest BCUT2D eigenvalue weighted by Crippen LogP contribution is 2.27. The van der Waals surface area contributed by atoms with Crippen molar-refractivity contribution in [3.63, 3.8) is 0 Å². The third-order valence-corrected chi connectivity index (χ3v) is 6.05. The van der Waals surface area contributed by atoms with Gasteiger partial charge in [-0.1, -0.05) is 6.07 Å². The molecular formula is C21H25N5OS. The maximum absolute atomic E-state index is 12.5. The van der Waals surface area contributed by atoms with E-state index in [2.05, 4.69) is 37.9 Å². The number of carbonyl (C=O) groups is 1. The van der Waals surface area contributed by atoms with Crippen LogP contribution in [-0.4, -0.2) is 49.3 Å². The van der Waals surface area contributed by atoms with Crippen LogP contribution in [0, 0.1) is 0 Å². The Morgan fingerprint density at radius 1 is 1.21 bits per heavy atom. The molecule has 0 atom stereocenters. The van der Waals surface area contributed by atoms with Crippen LogP contribution in [0.5, 0.6) is 0 Å². The molecule has 7 heteroatoms. The summed E-state index contributed by atoms with van der Waals surface area (Å²) < 4.78 is 0. The quantitative estimate of drug-likeness (QED) is 0.693. The molecule has 28 heavy (non-hydrogen) atoms. The van der Waals surface area contributed by atoms with E-state index in [0.29, 0.717) is 5.56 Å². The van der Waals surface area contributed by atoms with E-state index in [-0.39, 0.29) is 11.9 Å². The first kappa shape index (κ1) is 18.6. The molecule has 0 radical (unpaired) electrons. The molecule has 0 unspecified atom stereocenters. The molecule has 1 saturated heterocycles. The molecule has 1 fully saturated rings. The zero-order chi connectivity index (χ0) is 19.5. The summed E-state index contributed by atoms with van der Waals surface area (Å²) in [4.78, 5) is 18.0. The van der Waals surface area contributed by atoms with E-state index >= 15 is 0 Å². The van der Waals surface area contributed by atoms with Crippen LogP contribution in [0.25, 0.3) is 10.6 Å². The van der Waals surface area contributed by atoms with Crippen molar-refractivity contribution < 1.29 is 4.79 Å². The van der Waals surface area contributed by atoms with E-state index in [1.54, 1.807) is 11.3 Å². The molecule has 3 heterocycles. The Kier molecular flexibility index (Phi) is 5.34. The zero-order valence-corrected chi connectivity index (χ0v) is 17.0. The smallest absolute Gasteiger partial charge is 0.251 e. The fraction of sp³-hybridized carbons (Fsp3) is 0.333. The van der Waals surface area contributed by atoms with Crippen LogP contribution in [0.1, 0.15) is 23.2 Å². The number of hydrogen-bond acceptors (Lipinski definition) is 5. The monoisotopic (exact) mass is 395 g/mol. The number of carbonyl (C=O) groups excluding carboxylic acids is 1. The van der Waals surface area contributed by atoms with Crippen molar-refractivity contribution in [3.8, 4) is 10.6 Å². The summed E-state index contributed by atoms with van der Waals surface area (Å²) in [5.74, 6) is 1.05. The summed E-state index contributed by atoms with van der Waals surface area (Å²) in [6.45, 7) is 1.80. The van der Waals surface area contributed by atoms with Gasteiger partial charge >= 0.3 is 0 Å². The molecule has 146 valence electrons. The van der Waals surface area contributed by atoms with E-state index in [0.717, 1.165) is 43.1 Å². The molecule has 0 spiro atoms. The Balaban J connectivity index is 1.31. The Bertz CT molecular complexity index is 909. The Morgan fingerprint density at radius 2 is 1.96 bits per heavy atom. The highest BCUT2D eigenvalue weighted by atomic mass is 32.1. The summed E-state index contributed by atoms with van der Waals surface area (Å²) in [6, 6.07) is 14.1. The second kappa shape index (κ2) is 8.06. The lowest BCUT2D eigenvalue weighted by atomic mass is 10.0. The number of aromatic nitrogens is 2. The summed E-state index contributed by atoms with van der Waals surface area (Å²) in [5, 5.41) is 12.8. The molecule has 0 bridgehead atoms. The van der Waals surface area contributed by atoms with Crippen molar-refractivity contribution >= 4 is 28.7 Å². The van der Waals surface area contributed by atoms with Crippen molar-refractivity contribution in [2.45, 2.75) is 18.9 Å². The first-order chi connectivity index (χ1) is 13.6. The molecule has 4 rings (SSSR count). The fourth-order valence-corrected chi connectivity index (χ4v) is 4.15. The third-order valence-electron chi connectivity index (χ3n) is 5.15. The number of anilines is 2. The summed E-state index contributed by atoms with van der Waals surface area (Å²) in [6.07, 6.45) is 1.85.